The lowest BCUT2D eigenvalue weighted by atomic mass is 9.87. The number of amides is 1. The fraction of sp³-hybridized carbons (Fsp3) is 0.533. The summed E-state index contributed by atoms with van der Waals surface area (Å²) in [5.74, 6) is 0.0622. The molecule has 0 atom stereocenters. The molecule has 0 aliphatic rings. The average molecular weight is 248 g/mol. The number of anilines is 1. The van der Waals surface area contributed by atoms with E-state index < -0.39 is 0 Å². The Balaban J connectivity index is 2.56. The fourth-order valence-electron chi connectivity index (χ4n) is 1.60. The second-order valence-corrected chi connectivity index (χ2v) is 5.93. The zero-order chi connectivity index (χ0) is 13.8. The highest BCUT2D eigenvalue weighted by Crippen LogP contribution is 2.23. The number of rotatable bonds is 4. The molecule has 0 radical (unpaired) electrons. The minimum atomic E-state index is 0.0622. The summed E-state index contributed by atoms with van der Waals surface area (Å²) in [6.07, 6.45) is 0.522. The Morgan fingerprint density at radius 3 is 2.17 bits per heavy atom. The molecule has 1 aromatic carbocycles. The third-order valence-electron chi connectivity index (χ3n) is 2.82. The molecule has 0 heterocycles. The van der Waals surface area contributed by atoms with Crippen molar-refractivity contribution in [3.63, 3.8) is 0 Å². The molecule has 1 aromatic rings. The van der Waals surface area contributed by atoms with Gasteiger partial charge in [-0.15, -0.1) is 0 Å². The van der Waals surface area contributed by atoms with E-state index >= 15 is 0 Å². The summed E-state index contributed by atoms with van der Waals surface area (Å²) < 4.78 is 0. The molecular weight excluding hydrogens is 224 g/mol. The summed E-state index contributed by atoms with van der Waals surface area (Å²) in [6, 6.07) is 8.07. The Morgan fingerprint density at radius 2 is 1.72 bits per heavy atom. The van der Waals surface area contributed by atoms with E-state index in [1.165, 1.54) is 5.56 Å². The lowest BCUT2D eigenvalue weighted by molar-refractivity contribution is -0.116. The predicted octanol–water partition coefficient (Wildman–Crippen LogP) is 2.87. The van der Waals surface area contributed by atoms with Crippen LogP contribution in [0.25, 0.3) is 0 Å². The molecule has 0 fully saturated rings. The van der Waals surface area contributed by atoms with Gasteiger partial charge < -0.3 is 10.2 Å². The largest absolute Gasteiger partial charge is 0.326 e. The first kappa shape index (κ1) is 14.7. The standard InChI is InChI=1S/C15H24N2O/c1-15(2,3)12-6-8-13(9-7-12)16-14(18)10-11-17(4)5/h6-9H,10-11H2,1-5H3,(H,16,18). The van der Waals surface area contributed by atoms with Crippen LogP contribution in [0, 0.1) is 0 Å². The summed E-state index contributed by atoms with van der Waals surface area (Å²) in [7, 11) is 3.93. The third kappa shape index (κ3) is 4.88. The Bertz CT molecular complexity index is 388. The molecule has 0 saturated heterocycles. The van der Waals surface area contributed by atoms with Crippen molar-refractivity contribution in [3.8, 4) is 0 Å². The number of carbonyl (C=O) groups is 1. The molecule has 18 heavy (non-hydrogen) atoms. The predicted molar refractivity (Wildman–Crippen MR) is 76.9 cm³/mol. The highest BCUT2D eigenvalue weighted by atomic mass is 16.1. The second kappa shape index (κ2) is 6.01. The molecule has 3 heteroatoms. The number of hydrogen-bond acceptors (Lipinski definition) is 2. The van der Waals surface area contributed by atoms with Crippen molar-refractivity contribution in [2.24, 2.45) is 0 Å². The molecule has 1 amide bonds. The Labute approximate surface area is 110 Å². The molecule has 0 aromatic heterocycles. The molecule has 0 spiro atoms. The lowest BCUT2D eigenvalue weighted by Crippen LogP contribution is -2.20. The zero-order valence-electron chi connectivity index (χ0n) is 12.1. The lowest BCUT2D eigenvalue weighted by Gasteiger charge is -2.19. The average Bonchev–Trinajstić information content (AvgIpc) is 2.26. The van der Waals surface area contributed by atoms with Gasteiger partial charge in [0.15, 0.2) is 0 Å². The molecule has 0 saturated carbocycles. The van der Waals surface area contributed by atoms with Gasteiger partial charge in [-0.3, -0.25) is 4.79 Å². The molecule has 0 aliphatic carbocycles. The van der Waals surface area contributed by atoms with Gasteiger partial charge >= 0.3 is 0 Å². The summed E-state index contributed by atoms with van der Waals surface area (Å²) in [5.41, 5.74) is 2.29. The van der Waals surface area contributed by atoms with E-state index in [-0.39, 0.29) is 11.3 Å². The van der Waals surface area contributed by atoms with Crippen LogP contribution in [-0.2, 0) is 10.2 Å². The minimum absolute atomic E-state index is 0.0622. The smallest absolute Gasteiger partial charge is 0.225 e. The van der Waals surface area contributed by atoms with Gasteiger partial charge in [0.2, 0.25) is 5.91 Å². The molecule has 0 bridgehead atoms. The topological polar surface area (TPSA) is 32.3 Å². The molecule has 1 rings (SSSR count). The maximum Gasteiger partial charge on any atom is 0.225 e. The van der Waals surface area contributed by atoms with Gasteiger partial charge in [0.25, 0.3) is 0 Å². The zero-order valence-corrected chi connectivity index (χ0v) is 12.1. The highest BCUT2D eigenvalue weighted by Gasteiger charge is 2.13. The number of benzene rings is 1. The van der Waals surface area contributed by atoms with Crippen molar-refractivity contribution in [1.29, 1.82) is 0 Å². The molecule has 3 nitrogen and oxygen atoms in total. The van der Waals surface area contributed by atoms with Gasteiger partial charge in [-0.05, 0) is 37.2 Å². The van der Waals surface area contributed by atoms with Gasteiger partial charge in [-0.25, -0.2) is 0 Å². The van der Waals surface area contributed by atoms with Crippen molar-refractivity contribution in [2.45, 2.75) is 32.6 Å². The van der Waals surface area contributed by atoms with Crippen LogP contribution in [0.4, 0.5) is 5.69 Å². The quantitative estimate of drug-likeness (QED) is 0.888. The van der Waals surface area contributed by atoms with E-state index in [9.17, 15) is 4.79 Å². The molecule has 0 unspecified atom stereocenters. The Kier molecular flexibility index (Phi) is 4.91. The van der Waals surface area contributed by atoms with E-state index in [0.717, 1.165) is 12.2 Å². The van der Waals surface area contributed by atoms with Crippen LogP contribution in [0.2, 0.25) is 0 Å². The fourth-order valence-corrected chi connectivity index (χ4v) is 1.60. The van der Waals surface area contributed by atoms with Crippen molar-refractivity contribution in [3.05, 3.63) is 29.8 Å². The van der Waals surface area contributed by atoms with Gasteiger partial charge in [-0.2, -0.15) is 0 Å². The van der Waals surface area contributed by atoms with Gasteiger partial charge in [0.05, 0.1) is 0 Å². The number of carbonyl (C=O) groups excluding carboxylic acids is 1. The number of hydrogen-bond donors (Lipinski definition) is 1. The van der Waals surface area contributed by atoms with Crippen molar-refractivity contribution in [1.82, 2.24) is 4.90 Å². The van der Waals surface area contributed by atoms with Gasteiger partial charge in [0, 0.05) is 18.7 Å². The maximum atomic E-state index is 11.7. The Hall–Kier alpha value is -1.35. The Morgan fingerprint density at radius 1 is 1.17 bits per heavy atom. The molecule has 1 N–H and O–H groups in total. The van der Waals surface area contributed by atoms with E-state index in [4.69, 9.17) is 0 Å². The first-order valence-electron chi connectivity index (χ1n) is 6.34. The monoisotopic (exact) mass is 248 g/mol. The van der Waals surface area contributed by atoms with Crippen LogP contribution in [0.15, 0.2) is 24.3 Å². The number of nitrogens with one attached hydrogen (secondary N) is 1. The summed E-state index contributed by atoms with van der Waals surface area (Å²) in [6.45, 7) is 7.30. The summed E-state index contributed by atoms with van der Waals surface area (Å²) in [4.78, 5) is 13.7. The van der Waals surface area contributed by atoms with Crippen molar-refractivity contribution >= 4 is 11.6 Å². The summed E-state index contributed by atoms with van der Waals surface area (Å²) in [5, 5.41) is 2.91. The van der Waals surface area contributed by atoms with Crippen LogP contribution in [-0.4, -0.2) is 31.4 Å². The first-order chi connectivity index (χ1) is 8.29. The molecule has 0 aliphatic heterocycles. The normalized spacial score (nSPS) is 11.7. The van der Waals surface area contributed by atoms with Crippen molar-refractivity contribution < 1.29 is 4.79 Å². The van der Waals surface area contributed by atoms with E-state index in [1.54, 1.807) is 0 Å². The third-order valence-corrected chi connectivity index (χ3v) is 2.82. The van der Waals surface area contributed by atoms with Crippen LogP contribution in [0.5, 0.6) is 0 Å². The van der Waals surface area contributed by atoms with Crippen LogP contribution in [0.1, 0.15) is 32.8 Å². The van der Waals surface area contributed by atoms with Crippen LogP contribution in [0.3, 0.4) is 0 Å². The van der Waals surface area contributed by atoms with Gasteiger partial charge in [-0.1, -0.05) is 32.9 Å². The van der Waals surface area contributed by atoms with E-state index in [1.807, 2.05) is 31.1 Å². The van der Waals surface area contributed by atoms with Gasteiger partial charge in [0.1, 0.15) is 0 Å². The maximum absolute atomic E-state index is 11.7. The second-order valence-electron chi connectivity index (χ2n) is 5.93. The first-order valence-corrected chi connectivity index (χ1v) is 6.34. The minimum Gasteiger partial charge on any atom is -0.326 e. The van der Waals surface area contributed by atoms with Crippen LogP contribution >= 0.6 is 0 Å². The van der Waals surface area contributed by atoms with Crippen LogP contribution < -0.4 is 5.32 Å². The highest BCUT2D eigenvalue weighted by molar-refractivity contribution is 5.90. The number of nitrogens with zero attached hydrogens (tertiary/aromatic N) is 1. The van der Waals surface area contributed by atoms with E-state index in [0.29, 0.717) is 6.42 Å². The summed E-state index contributed by atoms with van der Waals surface area (Å²) >= 11 is 0. The van der Waals surface area contributed by atoms with E-state index in [2.05, 4.69) is 38.2 Å². The molecule has 100 valence electrons. The SMILES string of the molecule is CN(C)CCC(=O)Nc1ccc(C(C)(C)C)cc1. The molecular formula is C15H24N2O. The van der Waals surface area contributed by atoms with Crippen molar-refractivity contribution in [2.75, 3.05) is 26.0 Å².